The molecule has 0 radical (unpaired) electrons. The number of carboxylic acid groups (broad SMARTS) is 1. The van der Waals surface area contributed by atoms with E-state index in [9.17, 15) is 18.0 Å². The molecule has 8 heteroatoms. The monoisotopic (exact) mass is 286 g/mol. The van der Waals surface area contributed by atoms with Gasteiger partial charge in [-0.2, -0.15) is 5.10 Å². The number of nitrogens with zero attached hydrogens (tertiary/aromatic N) is 2. The third kappa shape index (κ3) is 3.74. The van der Waals surface area contributed by atoms with Crippen molar-refractivity contribution in [2.45, 2.75) is 12.9 Å². The molecule has 0 spiro atoms. The molecule has 0 saturated heterocycles. The lowest BCUT2D eigenvalue weighted by Crippen LogP contribution is -2.17. The summed E-state index contributed by atoms with van der Waals surface area (Å²) in [5.74, 6) is -1.45. The second kappa shape index (κ2) is 5.24. The first-order valence-electron chi connectivity index (χ1n) is 5.45. The highest BCUT2D eigenvalue weighted by Gasteiger charge is 2.30. The number of rotatable bonds is 4. The SMILES string of the molecule is O=C(O)c1ccn(Cc2ccc(OC(F)(F)F)cc2)n1. The van der Waals surface area contributed by atoms with Crippen molar-refractivity contribution in [3.05, 3.63) is 47.8 Å². The summed E-state index contributed by atoms with van der Waals surface area (Å²) in [5.41, 5.74) is 0.571. The van der Waals surface area contributed by atoms with Crippen LogP contribution in [0.15, 0.2) is 36.5 Å². The molecular formula is C12H9F3N2O3. The molecule has 106 valence electrons. The molecule has 0 atom stereocenters. The Hall–Kier alpha value is -2.51. The molecule has 0 aliphatic heterocycles. The number of halogens is 3. The summed E-state index contributed by atoms with van der Waals surface area (Å²) in [6, 6.07) is 6.60. The highest BCUT2D eigenvalue weighted by molar-refractivity contribution is 5.85. The molecule has 1 heterocycles. The molecule has 0 saturated carbocycles. The van der Waals surface area contributed by atoms with Crippen LogP contribution >= 0.6 is 0 Å². The van der Waals surface area contributed by atoms with E-state index >= 15 is 0 Å². The lowest BCUT2D eigenvalue weighted by Gasteiger charge is -2.09. The second-order valence-corrected chi connectivity index (χ2v) is 3.90. The van der Waals surface area contributed by atoms with E-state index in [0.717, 1.165) is 0 Å². The summed E-state index contributed by atoms with van der Waals surface area (Å²) in [6.07, 6.45) is -3.25. The number of aromatic nitrogens is 2. The third-order valence-electron chi connectivity index (χ3n) is 2.36. The van der Waals surface area contributed by atoms with Crippen LogP contribution in [0.5, 0.6) is 5.75 Å². The van der Waals surface area contributed by atoms with Crippen LogP contribution in [-0.2, 0) is 6.54 Å². The first kappa shape index (κ1) is 13.9. The van der Waals surface area contributed by atoms with Crippen molar-refractivity contribution in [2.24, 2.45) is 0 Å². The number of carbonyl (C=O) groups is 1. The van der Waals surface area contributed by atoms with Gasteiger partial charge >= 0.3 is 12.3 Å². The summed E-state index contributed by atoms with van der Waals surface area (Å²) in [4.78, 5) is 10.6. The standard InChI is InChI=1S/C12H9F3N2O3/c13-12(14,15)20-9-3-1-8(2-4-9)7-17-6-5-10(16-17)11(18)19/h1-6H,7H2,(H,18,19). The van der Waals surface area contributed by atoms with E-state index < -0.39 is 12.3 Å². The summed E-state index contributed by atoms with van der Waals surface area (Å²) in [7, 11) is 0. The predicted octanol–water partition coefficient (Wildman–Crippen LogP) is 2.53. The van der Waals surface area contributed by atoms with Crippen molar-refractivity contribution < 1.29 is 27.8 Å². The van der Waals surface area contributed by atoms with Crippen LogP contribution in [0.25, 0.3) is 0 Å². The maximum atomic E-state index is 12.0. The van der Waals surface area contributed by atoms with Crippen LogP contribution in [0.2, 0.25) is 0 Å². The Morgan fingerprint density at radius 2 is 1.90 bits per heavy atom. The predicted molar refractivity (Wildman–Crippen MR) is 61.4 cm³/mol. The molecule has 0 bridgehead atoms. The van der Waals surface area contributed by atoms with Gasteiger partial charge in [-0.25, -0.2) is 4.79 Å². The van der Waals surface area contributed by atoms with Gasteiger partial charge in [0.2, 0.25) is 0 Å². The van der Waals surface area contributed by atoms with Gasteiger partial charge in [0.05, 0.1) is 6.54 Å². The molecule has 1 aromatic carbocycles. The molecule has 20 heavy (non-hydrogen) atoms. The molecule has 5 nitrogen and oxygen atoms in total. The Morgan fingerprint density at radius 1 is 1.25 bits per heavy atom. The fraction of sp³-hybridized carbons (Fsp3) is 0.167. The maximum Gasteiger partial charge on any atom is 0.573 e. The van der Waals surface area contributed by atoms with Crippen LogP contribution in [0.4, 0.5) is 13.2 Å². The van der Waals surface area contributed by atoms with Crippen LogP contribution in [0.3, 0.4) is 0 Å². The number of hydrogen-bond donors (Lipinski definition) is 1. The van der Waals surface area contributed by atoms with Gasteiger partial charge < -0.3 is 9.84 Å². The second-order valence-electron chi connectivity index (χ2n) is 3.90. The van der Waals surface area contributed by atoms with Crippen LogP contribution in [0.1, 0.15) is 16.1 Å². The molecule has 0 aliphatic rings. The van der Waals surface area contributed by atoms with Gasteiger partial charge in [-0.1, -0.05) is 12.1 Å². The Kier molecular flexibility index (Phi) is 3.64. The average Bonchev–Trinajstić information content (AvgIpc) is 2.78. The first-order valence-corrected chi connectivity index (χ1v) is 5.45. The molecule has 0 aliphatic carbocycles. The molecule has 2 rings (SSSR count). The number of carboxylic acids is 1. The summed E-state index contributed by atoms with van der Waals surface area (Å²) in [6.45, 7) is 0.250. The summed E-state index contributed by atoms with van der Waals surface area (Å²) < 4.78 is 41.0. The fourth-order valence-electron chi connectivity index (χ4n) is 1.55. The number of hydrogen-bond acceptors (Lipinski definition) is 3. The van der Waals surface area contributed by atoms with Crippen molar-refractivity contribution in [3.63, 3.8) is 0 Å². The third-order valence-corrected chi connectivity index (χ3v) is 2.36. The van der Waals surface area contributed by atoms with E-state index in [1.54, 1.807) is 0 Å². The highest BCUT2D eigenvalue weighted by Crippen LogP contribution is 2.22. The van der Waals surface area contributed by atoms with Crippen molar-refractivity contribution in [2.75, 3.05) is 0 Å². The zero-order chi connectivity index (χ0) is 14.8. The normalized spacial score (nSPS) is 11.3. The molecule has 2 aromatic rings. The van der Waals surface area contributed by atoms with Crippen molar-refractivity contribution in [1.29, 1.82) is 0 Å². The van der Waals surface area contributed by atoms with Gasteiger partial charge in [0.15, 0.2) is 5.69 Å². The van der Waals surface area contributed by atoms with Crippen LogP contribution in [-0.4, -0.2) is 27.2 Å². The minimum absolute atomic E-state index is 0.0953. The lowest BCUT2D eigenvalue weighted by molar-refractivity contribution is -0.274. The maximum absolute atomic E-state index is 12.0. The van der Waals surface area contributed by atoms with E-state index in [1.165, 1.54) is 41.2 Å². The molecule has 0 fully saturated rings. The van der Waals surface area contributed by atoms with E-state index in [2.05, 4.69) is 9.84 Å². The minimum Gasteiger partial charge on any atom is -0.476 e. The number of alkyl halides is 3. The van der Waals surface area contributed by atoms with Crippen molar-refractivity contribution in [3.8, 4) is 5.75 Å². The minimum atomic E-state index is -4.72. The largest absolute Gasteiger partial charge is 0.573 e. The molecule has 0 unspecified atom stereocenters. The Balaban J connectivity index is 2.04. The zero-order valence-electron chi connectivity index (χ0n) is 9.96. The fourth-order valence-corrected chi connectivity index (χ4v) is 1.55. The molecule has 1 N–H and O–H groups in total. The Bertz CT molecular complexity index is 605. The Labute approximate surface area is 111 Å². The van der Waals surface area contributed by atoms with Gasteiger partial charge in [0.1, 0.15) is 5.75 Å². The van der Waals surface area contributed by atoms with Gasteiger partial charge in [-0.3, -0.25) is 4.68 Å². The summed E-state index contributed by atoms with van der Waals surface area (Å²) >= 11 is 0. The Morgan fingerprint density at radius 3 is 2.40 bits per heavy atom. The zero-order valence-corrected chi connectivity index (χ0v) is 9.96. The topological polar surface area (TPSA) is 64.3 Å². The van der Waals surface area contributed by atoms with Crippen LogP contribution in [0, 0.1) is 0 Å². The van der Waals surface area contributed by atoms with Gasteiger partial charge in [0.25, 0.3) is 0 Å². The van der Waals surface area contributed by atoms with Gasteiger partial charge in [0, 0.05) is 6.20 Å². The van der Waals surface area contributed by atoms with E-state index in [1.807, 2.05) is 0 Å². The molecule has 0 amide bonds. The highest BCUT2D eigenvalue weighted by atomic mass is 19.4. The van der Waals surface area contributed by atoms with Crippen molar-refractivity contribution in [1.82, 2.24) is 9.78 Å². The quantitative estimate of drug-likeness (QED) is 0.938. The van der Waals surface area contributed by atoms with Crippen LogP contribution < -0.4 is 4.74 Å². The smallest absolute Gasteiger partial charge is 0.476 e. The van der Waals surface area contributed by atoms with E-state index in [4.69, 9.17) is 5.11 Å². The number of ether oxygens (including phenoxy) is 1. The molecular weight excluding hydrogens is 277 g/mol. The average molecular weight is 286 g/mol. The first-order chi connectivity index (χ1) is 9.33. The summed E-state index contributed by atoms with van der Waals surface area (Å²) in [5, 5.41) is 12.5. The number of aromatic carboxylic acids is 1. The van der Waals surface area contributed by atoms with E-state index in [-0.39, 0.29) is 18.0 Å². The van der Waals surface area contributed by atoms with E-state index in [0.29, 0.717) is 5.56 Å². The van der Waals surface area contributed by atoms with Gasteiger partial charge in [-0.15, -0.1) is 13.2 Å². The lowest BCUT2D eigenvalue weighted by atomic mass is 10.2. The number of benzene rings is 1. The van der Waals surface area contributed by atoms with Crippen molar-refractivity contribution >= 4 is 5.97 Å². The molecule has 1 aromatic heterocycles. The van der Waals surface area contributed by atoms with Gasteiger partial charge in [-0.05, 0) is 23.8 Å².